The van der Waals surface area contributed by atoms with Crippen LogP contribution in [0.4, 0.5) is 0 Å². The predicted molar refractivity (Wildman–Crippen MR) is 18.8 cm³/mol. The minimum atomic E-state index is -5.00. The van der Waals surface area contributed by atoms with E-state index < -0.39 is 18.1 Å². The second kappa shape index (κ2) is 6.18. The molecule has 0 fully saturated rings. The Morgan fingerprint density at radius 3 is 0.857 bits per heavy atom. The molecule has 0 unspecified atom stereocenters. The Kier molecular flexibility index (Phi) is 14.2. The first-order valence-electron chi connectivity index (χ1n) is 0.894. The number of hydrogen-bond donors (Lipinski definition) is 4. The Morgan fingerprint density at radius 2 is 0.857 bits per heavy atom. The first-order valence-corrected chi connectivity index (χ1v) is 3.69. The van der Waals surface area contributed by atoms with Crippen LogP contribution in [-0.2, 0) is 37.6 Å². The van der Waals surface area contributed by atoms with Gasteiger partial charge in [-0.1, -0.05) is 0 Å². The zero-order valence-electron chi connectivity index (χ0n) is 3.70. The summed E-state index contributed by atoms with van der Waals surface area (Å²) >= 11 is -5.00. The van der Waals surface area contributed by atoms with Gasteiger partial charge in [0.1, 0.15) is 0 Å². The molecule has 0 aromatic rings. The largest absolute Gasteiger partial charge is 0 e. The standard InChI is InChI=1S/Bi.4H2O.Ti.Zn.3H/h;4*1H2;;;;;/q;;;;;+4;;;;/p-4. The average molecular weight is 393 g/mol. The van der Waals surface area contributed by atoms with Gasteiger partial charge in [0.05, 0.1) is 0 Å². The third-order valence-corrected chi connectivity index (χ3v) is 0. The van der Waals surface area contributed by atoms with Crippen molar-refractivity contribution in [2.75, 3.05) is 0 Å². The predicted octanol–water partition coefficient (Wildman–Crippen LogP) is -3.42. The summed E-state index contributed by atoms with van der Waals surface area (Å²) in [5.41, 5.74) is 0. The fourth-order valence-corrected chi connectivity index (χ4v) is 0. The summed E-state index contributed by atoms with van der Waals surface area (Å²) in [6.45, 7) is 0. The molecule has 0 amide bonds. The van der Waals surface area contributed by atoms with E-state index in [2.05, 4.69) is 0 Å². The zero-order valence-corrected chi connectivity index (χ0v) is 13.7. The molecular weight excluding hydrogens is 386 g/mol. The first-order chi connectivity index (χ1) is 2.00. The van der Waals surface area contributed by atoms with E-state index in [9.17, 15) is 0 Å². The van der Waals surface area contributed by atoms with Crippen LogP contribution in [0.5, 0.6) is 0 Å². The quantitative estimate of drug-likeness (QED) is 0.324. The molecule has 0 heterocycles. The molecule has 7 heavy (non-hydrogen) atoms. The molecule has 0 bridgehead atoms. The summed E-state index contributed by atoms with van der Waals surface area (Å²) in [6, 6.07) is 0. The summed E-state index contributed by atoms with van der Waals surface area (Å²) in [4.78, 5) is 0. The molecule has 7 heteroatoms. The molecule has 0 rings (SSSR count). The van der Waals surface area contributed by atoms with Crippen LogP contribution < -0.4 is 0 Å². The molecule has 0 radical (unpaired) electrons. The van der Waals surface area contributed by atoms with Gasteiger partial charge in [-0.25, -0.2) is 0 Å². The fraction of sp³-hybridized carbons (Fsp3) is 0. The van der Waals surface area contributed by atoms with Crippen molar-refractivity contribution < 1.29 is 52.4 Å². The van der Waals surface area contributed by atoms with Crippen molar-refractivity contribution in [1.82, 2.24) is 0 Å². The van der Waals surface area contributed by atoms with Crippen LogP contribution in [0.2, 0.25) is 0 Å². The minimum Gasteiger partial charge on any atom is 0 e. The maximum absolute atomic E-state index is 7.38. The summed E-state index contributed by atoms with van der Waals surface area (Å²) in [7, 11) is 0. The molecule has 0 aromatic carbocycles. The van der Waals surface area contributed by atoms with Crippen LogP contribution in [0.3, 0.4) is 0 Å². The van der Waals surface area contributed by atoms with E-state index in [0.29, 0.717) is 0 Å². The van der Waals surface area contributed by atoms with Crippen molar-refractivity contribution in [2.45, 2.75) is 0 Å². The second-order valence-corrected chi connectivity index (χ2v) is 2.47. The molecule has 0 aromatic heterocycles. The molecule has 0 aliphatic rings. The van der Waals surface area contributed by atoms with Crippen molar-refractivity contribution in [1.29, 1.82) is 0 Å². The topological polar surface area (TPSA) is 80.9 Å². The molecule has 42 valence electrons. The third-order valence-electron chi connectivity index (χ3n) is 0. The summed E-state index contributed by atoms with van der Waals surface area (Å²) in [5, 5.41) is 0. The Bertz CT molecular complexity index is 27.2. The number of hydrogen-bond acceptors (Lipinski definition) is 4. The van der Waals surface area contributed by atoms with Crippen LogP contribution in [0, 0.1) is 0 Å². The van der Waals surface area contributed by atoms with E-state index in [-0.39, 0.29) is 45.7 Å². The van der Waals surface area contributed by atoms with Crippen LogP contribution in [0.25, 0.3) is 0 Å². The molecule has 0 saturated heterocycles. The van der Waals surface area contributed by atoms with Gasteiger partial charge in [0.15, 0.2) is 0 Å². The second-order valence-electron chi connectivity index (χ2n) is 0.600. The summed E-state index contributed by atoms with van der Waals surface area (Å²) < 4.78 is 29.5. The molecule has 4 N–H and O–H groups in total. The zero-order chi connectivity index (χ0) is 4.50. The van der Waals surface area contributed by atoms with Gasteiger partial charge in [0.25, 0.3) is 0 Å². The van der Waals surface area contributed by atoms with Crippen molar-refractivity contribution in [3.63, 3.8) is 0 Å². The van der Waals surface area contributed by atoms with E-state index in [1.165, 1.54) is 0 Å². The van der Waals surface area contributed by atoms with Crippen LogP contribution >= 0.6 is 0 Å². The summed E-state index contributed by atoms with van der Waals surface area (Å²) in [5.74, 6) is 0. The fourth-order valence-electron chi connectivity index (χ4n) is 0. The maximum Gasteiger partial charge on any atom is 0 e. The van der Waals surface area contributed by atoms with Gasteiger partial charge in [-0.05, 0) is 0 Å². The Morgan fingerprint density at radius 1 is 0.857 bits per heavy atom. The van der Waals surface area contributed by atoms with Crippen LogP contribution in [0.1, 0.15) is 0 Å². The van der Waals surface area contributed by atoms with Crippen LogP contribution in [-0.4, -0.2) is 41.0 Å². The molecule has 0 aliphatic carbocycles. The van der Waals surface area contributed by atoms with E-state index >= 15 is 0 Å². The van der Waals surface area contributed by atoms with E-state index in [0.717, 1.165) is 0 Å². The van der Waals surface area contributed by atoms with E-state index in [4.69, 9.17) is 14.8 Å². The Hall–Kier alpha value is 2.06. The molecule has 0 spiro atoms. The summed E-state index contributed by atoms with van der Waals surface area (Å²) in [6.07, 6.45) is 0. The molecule has 4 nitrogen and oxygen atoms in total. The smallest absolute Gasteiger partial charge is 0 e. The first kappa shape index (κ1) is 16.0. The maximum atomic E-state index is 7.38. The van der Waals surface area contributed by atoms with E-state index in [1.54, 1.807) is 0 Å². The third kappa shape index (κ3) is 69.7. The molecule has 0 aliphatic heterocycles. The van der Waals surface area contributed by atoms with Gasteiger partial charge in [0.2, 0.25) is 0 Å². The van der Waals surface area contributed by atoms with Crippen LogP contribution in [0.15, 0.2) is 0 Å². The normalized spacial score (nSPS) is 8.57. The van der Waals surface area contributed by atoms with Gasteiger partial charge in [-0.3, -0.25) is 0 Å². The Balaban J connectivity index is -0.0000000800. The van der Waals surface area contributed by atoms with Crippen molar-refractivity contribution in [3.05, 3.63) is 0 Å². The molecule has 0 atom stereocenters. The SMILES string of the molecule is [BiH3].[OH][Ti]([OH])([OH])[OH].[Zn]. The average Bonchev–Trinajstić information content (AvgIpc) is 0.722. The van der Waals surface area contributed by atoms with Gasteiger partial charge < -0.3 is 0 Å². The molecular formula is H7BiO4TiZn. The Labute approximate surface area is 77.7 Å². The van der Waals surface area contributed by atoms with Gasteiger partial charge >= 0.3 is 59.1 Å². The van der Waals surface area contributed by atoms with Crippen molar-refractivity contribution in [2.24, 2.45) is 0 Å². The minimum absolute atomic E-state index is 0. The number of rotatable bonds is 0. The van der Waals surface area contributed by atoms with Gasteiger partial charge in [-0.15, -0.1) is 0 Å². The monoisotopic (exact) mass is 392 g/mol. The van der Waals surface area contributed by atoms with Crippen molar-refractivity contribution >= 4 is 26.2 Å². The van der Waals surface area contributed by atoms with E-state index in [1.807, 2.05) is 0 Å². The van der Waals surface area contributed by atoms with Crippen molar-refractivity contribution in [3.8, 4) is 0 Å². The van der Waals surface area contributed by atoms with Gasteiger partial charge in [-0.2, -0.15) is 0 Å². The molecule has 0 saturated carbocycles. The van der Waals surface area contributed by atoms with Gasteiger partial charge in [0, 0.05) is 19.5 Å².